The number of halogens is 1. The van der Waals surface area contributed by atoms with Crippen molar-refractivity contribution in [2.75, 3.05) is 0 Å². The Bertz CT molecular complexity index is 602. The van der Waals surface area contributed by atoms with E-state index < -0.39 is 0 Å². The number of benzene rings is 2. The van der Waals surface area contributed by atoms with Gasteiger partial charge in [-0.2, -0.15) is 5.26 Å². The monoisotopic (exact) mass is 273 g/mol. The van der Waals surface area contributed by atoms with Crippen LogP contribution in [-0.2, 0) is 5.75 Å². The van der Waals surface area contributed by atoms with Crippen LogP contribution in [-0.4, -0.2) is 0 Å². The number of aryl methyl sites for hydroxylation is 1. The molecule has 0 bridgehead atoms. The van der Waals surface area contributed by atoms with Crippen molar-refractivity contribution in [3.63, 3.8) is 0 Å². The van der Waals surface area contributed by atoms with Gasteiger partial charge in [-0.15, -0.1) is 11.8 Å². The third-order valence-electron chi connectivity index (χ3n) is 2.71. The summed E-state index contributed by atoms with van der Waals surface area (Å²) < 4.78 is 0. The Kier molecular flexibility index (Phi) is 4.30. The number of nitrogens with zero attached hydrogens (tertiary/aromatic N) is 1. The summed E-state index contributed by atoms with van der Waals surface area (Å²) in [6.45, 7) is 2.11. The van der Waals surface area contributed by atoms with Gasteiger partial charge < -0.3 is 0 Å². The molecule has 0 aliphatic carbocycles. The van der Waals surface area contributed by atoms with E-state index in [2.05, 4.69) is 25.1 Å². The van der Waals surface area contributed by atoms with Crippen molar-refractivity contribution in [1.82, 2.24) is 0 Å². The van der Waals surface area contributed by atoms with Gasteiger partial charge in [0.25, 0.3) is 0 Å². The zero-order chi connectivity index (χ0) is 13.0. The summed E-state index contributed by atoms with van der Waals surface area (Å²) >= 11 is 7.83. The van der Waals surface area contributed by atoms with Gasteiger partial charge in [0.15, 0.2) is 0 Å². The minimum atomic E-state index is 0.597. The highest BCUT2D eigenvalue weighted by Gasteiger charge is 2.04. The van der Waals surface area contributed by atoms with Crippen LogP contribution < -0.4 is 0 Å². The van der Waals surface area contributed by atoms with Crippen LogP contribution in [0.4, 0.5) is 0 Å². The summed E-state index contributed by atoms with van der Waals surface area (Å²) in [5, 5.41) is 9.43. The van der Waals surface area contributed by atoms with E-state index in [9.17, 15) is 0 Å². The first-order chi connectivity index (χ1) is 8.70. The maximum Gasteiger partial charge on any atom is 0.0992 e. The highest BCUT2D eigenvalue weighted by Crippen LogP contribution is 2.31. The molecule has 18 heavy (non-hydrogen) atoms. The average molecular weight is 274 g/mol. The summed E-state index contributed by atoms with van der Waals surface area (Å²) in [7, 11) is 0. The summed E-state index contributed by atoms with van der Waals surface area (Å²) in [5.74, 6) is 0.887. The third-order valence-corrected chi connectivity index (χ3v) is 4.25. The highest BCUT2D eigenvalue weighted by atomic mass is 35.5. The number of nitriles is 1. The van der Waals surface area contributed by atoms with Crippen molar-refractivity contribution >= 4 is 23.4 Å². The Labute approximate surface area is 116 Å². The van der Waals surface area contributed by atoms with Crippen LogP contribution in [0.15, 0.2) is 47.4 Å². The second kappa shape index (κ2) is 5.95. The minimum Gasteiger partial charge on any atom is -0.192 e. The van der Waals surface area contributed by atoms with Gasteiger partial charge in [-0.25, -0.2) is 0 Å². The largest absolute Gasteiger partial charge is 0.192 e. The van der Waals surface area contributed by atoms with Gasteiger partial charge in [0.1, 0.15) is 0 Å². The molecule has 0 saturated heterocycles. The molecule has 0 atom stereocenters. The van der Waals surface area contributed by atoms with E-state index in [1.807, 2.05) is 18.2 Å². The maximum absolute atomic E-state index is 8.78. The first kappa shape index (κ1) is 13.0. The molecule has 0 N–H and O–H groups in total. The molecule has 0 saturated carbocycles. The fraction of sp³-hybridized carbons (Fsp3) is 0.133. The Balaban J connectivity index is 2.12. The lowest BCUT2D eigenvalue weighted by atomic mass is 10.1. The van der Waals surface area contributed by atoms with E-state index in [1.165, 1.54) is 11.1 Å². The van der Waals surface area contributed by atoms with E-state index in [1.54, 1.807) is 23.9 Å². The lowest BCUT2D eigenvalue weighted by Gasteiger charge is -2.07. The van der Waals surface area contributed by atoms with Crippen molar-refractivity contribution in [2.45, 2.75) is 17.6 Å². The van der Waals surface area contributed by atoms with E-state index in [0.29, 0.717) is 10.6 Å². The fourth-order valence-electron chi connectivity index (χ4n) is 1.61. The van der Waals surface area contributed by atoms with Crippen LogP contribution in [0.5, 0.6) is 0 Å². The molecule has 0 heterocycles. The van der Waals surface area contributed by atoms with E-state index in [4.69, 9.17) is 16.9 Å². The van der Waals surface area contributed by atoms with Gasteiger partial charge in [0.05, 0.1) is 16.7 Å². The van der Waals surface area contributed by atoms with Crippen molar-refractivity contribution in [3.8, 4) is 6.07 Å². The van der Waals surface area contributed by atoms with Crippen LogP contribution in [0.1, 0.15) is 16.7 Å². The first-order valence-electron chi connectivity index (χ1n) is 5.57. The van der Waals surface area contributed by atoms with Gasteiger partial charge >= 0.3 is 0 Å². The number of hydrogen-bond acceptors (Lipinski definition) is 2. The second-order valence-electron chi connectivity index (χ2n) is 3.97. The molecule has 0 spiro atoms. The Morgan fingerprint density at radius 2 is 2.00 bits per heavy atom. The molecule has 0 aliphatic heterocycles. The van der Waals surface area contributed by atoms with Crippen molar-refractivity contribution in [1.29, 1.82) is 5.26 Å². The molecule has 2 aromatic carbocycles. The SMILES string of the molecule is Cc1ccccc1CSc1ccc(C#N)cc1Cl. The summed E-state index contributed by atoms with van der Waals surface area (Å²) in [6, 6.07) is 15.8. The second-order valence-corrected chi connectivity index (χ2v) is 5.40. The fourth-order valence-corrected chi connectivity index (χ4v) is 2.96. The number of hydrogen-bond donors (Lipinski definition) is 0. The Morgan fingerprint density at radius 3 is 2.67 bits per heavy atom. The normalized spacial score (nSPS) is 10.1. The van der Waals surface area contributed by atoms with E-state index in [0.717, 1.165) is 10.6 Å². The van der Waals surface area contributed by atoms with Crippen LogP contribution in [0.2, 0.25) is 5.02 Å². The van der Waals surface area contributed by atoms with Crippen LogP contribution >= 0.6 is 23.4 Å². The van der Waals surface area contributed by atoms with Crippen molar-refractivity contribution in [3.05, 3.63) is 64.2 Å². The molecule has 0 amide bonds. The zero-order valence-corrected chi connectivity index (χ0v) is 11.6. The van der Waals surface area contributed by atoms with Crippen molar-refractivity contribution < 1.29 is 0 Å². The van der Waals surface area contributed by atoms with Crippen LogP contribution in [0.25, 0.3) is 0 Å². The first-order valence-corrected chi connectivity index (χ1v) is 6.94. The molecule has 0 radical (unpaired) electrons. The third kappa shape index (κ3) is 3.07. The zero-order valence-electron chi connectivity index (χ0n) is 9.98. The molecular formula is C15H12ClNS. The Hall–Kier alpha value is -1.43. The van der Waals surface area contributed by atoms with Crippen molar-refractivity contribution in [2.24, 2.45) is 0 Å². The molecule has 0 aliphatic rings. The maximum atomic E-state index is 8.78. The molecule has 0 unspecified atom stereocenters. The molecular weight excluding hydrogens is 262 g/mol. The molecule has 0 aromatic heterocycles. The topological polar surface area (TPSA) is 23.8 Å². The summed E-state index contributed by atoms with van der Waals surface area (Å²) in [4.78, 5) is 1.01. The van der Waals surface area contributed by atoms with Gasteiger partial charge in [0.2, 0.25) is 0 Å². The van der Waals surface area contributed by atoms with Gasteiger partial charge in [0, 0.05) is 10.6 Å². The molecule has 3 heteroatoms. The average Bonchev–Trinajstić information content (AvgIpc) is 2.39. The highest BCUT2D eigenvalue weighted by molar-refractivity contribution is 7.98. The quantitative estimate of drug-likeness (QED) is 0.749. The standard InChI is InChI=1S/C15H12ClNS/c1-11-4-2-3-5-13(11)10-18-15-7-6-12(9-17)8-14(15)16/h2-8H,10H2,1H3. The smallest absolute Gasteiger partial charge is 0.0992 e. The summed E-state index contributed by atoms with van der Waals surface area (Å²) in [6.07, 6.45) is 0. The Morgan fingerprint density at radius 1 is 1.22 bits per heavy atom. The van der Waals surface area contributed by atoms with Crippen LogP contribution in [0, 0.1) is 18.3 Å². The predicted octanol–water partition coefficient (Wildman–Crippen LogP) is 4.81. The number of rotatable bonds is 3. The lowest BCUT2D eigenvalue weighted by Crippen LogP contribution is -1.86. The molecule has 2 rings (SSSR count). The molecule has 0 fully saturated rings. The predicted molar refractivity (Wildman–Crippen MR) is 76.9 cm³/mol. The molecule has 90 valence electrons. The minimum absolute atomic E-state index is 0.597. The van der Waals surface area contributed by atoms with E-state index in [-0.39, 0.29) is 0 Å². The van der Waals surface area contributed by atoms with Gasteiger partial charge in [-0.1, -0.05) is 35.9 Å². The van der Waals surface area contributed by atoms with Gasteiger partial charge in [-0.3, -0.25) is 0 Å². The van der Waals surface area contributed by atoms with Crippen LogP contribution in [0.3, 0.4) is 0 Å². The van der Waals surface area contributed by atoms with Gasteiger partial charge in [-0.05, 0) is 36.2 Å². The molecule has 2 aromatic rings. The summed E-state index contributed by atoms with van der Waals surface area (Å²) in [5.41, 5.74) is 3.19. The number of thioether (sulfide) groups is 1. The van der Waals surface area contributed by atoms with E-state index >= 15 is 0 Å². The molecule has 1 nitrogen and oxygen atoms in total. The lowest BCUT2D eigenvalue weighted by molar-refractivity contribution is 1.30.